The van der Waals surface area contributed by atoms with Gasteiger partial charge in [0.25, 0.3) is 5.91 Å². The summed E-state index contributed by atoms with van der Waals surface area (Å²) in [5, 5.41) is 5.33. The number of nitrogens with zero attached hydrogens (tertiary/aromatic N) is 1. The number of hydrogen-bond acceptors (Lipinski definition) is 3. The number of rotatable bonds is 2. The number of nitrogens with one attached hydrogen (secondary N) is 2. The first-order chi connectivity index (χ1) is 7.27. The van der Waals surface area contributed by atoms with Crippen molar-refractivity contribution in [1.82, 2.24) is 15.8 Å². The summed E-state index contributed by atoms with van der Waals surface area (Å²) < 4.78 is 0. The minimum atomic E-state index is 0.0203. The molecule has 2 atom stereocenters. The lowest BCUT2D eigenvalue weighted by Crippen LogP contribution is -2.52. The van der Waals surface area contributed by atoms with E-state index in [9.17, 15) is 4.79 Å². The first-order valence-electron chi connectivity index (χ1n) is 6.06. The van der Waals surface area contributed by atoms with E-state index in [1.165, 1.54) is 19.3 Å². The van der Waals surface area contributed by atoms with Crippen LogP contribution in [0, 0.1) is 5.92 Å². The van der Waals surface area contributed by atoms with E-state index in [0.717, 1.165) is 26.1 Å². The van der Waals surface area contributed by atoms with Crippen molar-refractivity contribution in [3.63, 3.8) is 0 Å². The fourth-order valence-corrected chi connectivity index (χ4v) is 2.42. The Kier molecular flexibility index (Phi) is 3.59. The molecule has 0 radical (unpaired) electrons. The Hall–Kier alpha value is -0.610. The van der Waals surface area contributed by atoms with Gasteiger partial charge in [-0.25, -0.2) is 5.01 Å². The van der Waals surface area contributed by atoms with Gasteiger partial charge in [0.1, 0.15) is 0 Å². The van der Waals surface area contributed by atoms with Crippen molar-refractivity contribution in [2.24, 2.45) is 5.92 Å². The predicted octanol–water partition coefficient (Wildman–Crippen LogP) is 0.501. The second kappa shape index (κ2) is 4.94. The standard InChI is InChI=1S/C11H21N3O/c1-9-5-6-12-10(9)11(15)13-14-7-3-2-4-8-14/h9-10,12H,2-8H2,1H3,(H,13,15). The van der Waals surface area contributed by atoms with E-state index in [0.29, 0.717) is 5.92 Å². The van der Waals surface area contributed by atoms with E-state index in [1.807, 2.05) is 0 Å². The summed E-state index contributed by atoms with van der Waals surface area (Å²) in [6.07, 6.45) is 4.81. The lowest BCUT2D eigenvalue weighted by Gasteiger charge is -2.28. The van der Waals surface area contributed by atoms with Gasteiger partial charge in [0.2, 0.25) is 0 Å². The summed E-state index contributed by atoms with van der Waals surface area (Å²) in [5.74, 6) is 0.622. The smallest absolute Gasteiger partial charge is 0.251 e. The molecule has 0 bridgehead atoms. The van der Waals surface area contributed by atoms with Crippen molar-refractivity contribution < 1.29 is 4.79 Å². The normalized spacial score (nSPS) is 32.9. The maximum absolute atomic E-state index is 11.9. The van der Waals surface area contributed by atoms with Crippen molar-refractivity contribution in [3.8, 4) is 0 Å². The largest absolute Gasteiger partial charge is 0.306 e. The minimum absolute atomic E-state index is 0.0203. The van der Waals surface area contributed by atoms with Crippen LogP contribution in [0.1, 0.15) is 32.6 Å². The molecule has 0 aromatic heterocycles. The van der Waals surface area contributed by atoms with Gasteiger partial charge in [-0.05, 0) is 31.7 Å². The van der Waals surface area contributed by atoms with E-state index in [4.69, 9.17) is 0 Å². The highest BCUT2D eigenvalue weighted by Gasteiger charge is 2.30. The average Bonchev–Trinajstić information content (AvgIpc) is 2.66. The van der Waals surface area contributed by atoms with E-state index in [-0.39, 0.29) is 11.9 Å². The third-order valence-electron chi connectivity index (χ3n) is 3.44. The first-order valence-corrected chi connectivity index (χ1v) is 6.06. The van der Waals surface area contributed by atoms with Crippen molar-refractivity contribution in [2.75, 3.05) is 19.6 Å². The Morgan fingerprint density at radius 3 is 2.67 bits per heavy atom. The molecule has 86 valence electrons. The number of carbonyl (C=O) groups excluding carboxylic acids is 1. The molecule has 0 aliphatic carbocycles. The van der Waals surface area contributed by atoms with Crippen LogP contribution in [0.3, 0.4) is 0 Å². The van der Waals surface area contributed by atoms with Crippen LogP contribution in [0.4, 0.5) is 0 Å². The van der Waals surface area contributed by atoms with Gasteiger partial charge in [-0.3, -0.25) is 10.2 Å². The maximum Gasteiger partial charge on any atom is 0.251 e. The number of hydrogen-bond donors (Lipinski definition) is 2. The summed E-state index contributed by atoms with van der Waals surface area (Å²) in [5.41, 5.74) is 3.02. The third kappa shape index (κ3) is 2.69. The van der Waals surface area contributed by atoms with Crippen molar-refractivity contribution in [3.05, 3.63) is 0 Å². The first kappa shape index (κ1) is 10.9. The molecule has 4 heteroatoms. The number of carbonyl (C=O) groups is 1. The fraction of sp³-hybridized carbons (Fsp3) is 0.909. The summed E-state index contributed by atoms with van der Waals surface area (Å²) in [6.45, 7) is 5.12. The highest BCUT2D eigenvalue weighted by atomic mass is 16.2. The summed E-state index contributed by atoms with van der Waals surface area (Å²) in [4.78, 5) is 11.9. The van der Waals surface area contributed by atoms with Gasteiger partial charge in [0.15, 0.2) is 0 Å². The monoisotopic (exact) mass is 211 g/mol. The van der Waals surface area contributed by atoms with Crippen LogP contribution in [-0.2, 0) is 4.79 Å². The number of hydrazine groups is 1. The highest BCUT2D eigenvalue weighted by Crippen LogP contribution is 2.15. The number of amides is 1. The molecule has 2 unspecified atom stereocenters. The minimum Gasteiger partial charge on any atom is -0.306 e. The SMILES string of the molecule is CC1CCNC1C(=O)NN1CCCCC1. The molecule has 2 aliphatic rings. The average molecular weight is 211 g/mol. The maximum atomic E-state index is 11.9. The van der Waals surface area contributed by atoms with Crippen LogP contribution < -0.4 is 10.7 Å². The van der Waals surface area contributed by atoms with Crippen molar-refractivity contribution in [1.29, 1.82) is 0 Å². The summed E-state index contributed by atoms with van der Waals surface area (Å²) in [6, 6.07) is 0.0203. The predicted molar refractivity (Wildman–Crippen MR) is 59.1 cm³/mol. The Bertz CT molecular complexity index is 226. The quantitative estimate of drug-likeness (QED) is 0.699. The number of piperidine rings is 1. The van der Waals surface area contributed by atoms with Crippen LogP contribution >= 0.6 is 0 Å². The Morgan fingerprint density at radius 1 is 1.33 bits per heavy atom. The molecule has 0 aromatic rings. The van der Waals surface area contributed by atoms with Gasteiger partial charge < -0.3 is 5.32 Å². The van der Waals surface area contributed by atoms with Gasteiger partial charge >= 0.3 is 0 Å². The Labute approximate surface area is 91.4 Å². The van der Waals surface area contributed by atoms with E-state index in [1.54, 1.807) is 0 Å². The highest BCUT2D eigenvalue weighted by molar-refractivity contribution is 5.81. The molecule has 4 nitrogen and oxygen atoms in total. The Morgan fingerprint density at radius 2 is 2.07 bits per heavy atom. The van der Waals surface area contributed by atoms with Gasteiger partial charge in [0.05, 0.1) is 6.04 Å². The van der Waals surface area contributed by atoms with E-state index >= 15 is 0 Å². The van der Waals surface area contributed by atoms with Crippen LogP contribution in [0.15, 0.2) is 0 Å². The zero-order valence-corrected chi connectivity index (χ0v) is 9.46. The zero-order chi connectivity index (χ0) is 10.7. The third-order valence-corrected chi connectivity index (χ3v) is 3.44. The molecule has 0 spiro atoms. The molecule has 2 N–H and O–H groups in total. The summed E-state index contributed by atoms with van der Waals surface area (Å²) >= 11 is 0. The lowest BCUT2D eigenvalue weighted by molar-refractivity contribution is -0.128. The molecular formula is C11H21N3O. The zero-order valence-electron chi connectivity index (χ0n) is 9.46. The lowest BCUT2D eigenvalue weighted by atomic mass is 10.0. The van der Waals surface area contributed by atoms with Gasteiger partial charge in [-0.2, -0.15) is 0 Å². The topological polar surface area (TPSA) is 44.4 Å². The van der Waals surface area contributed by atoms with Gasteiger partial charge in [-0.1, -0.05) is 13.3 Å². The molecule has 0 aromatic carbocycles. The van der Waals surface area contributed by atoms with Crippen LogP contribution in [0.2, 0.25) is 0 Å². The molecule has 15 heavy (non-hydrogen) atoms. The molecule has 1 amide bonds. The van der Waals surface area contributed by atoms with E-state index < -0.39 is 0 Å². The van der Waals surface area contributed by atoms with Gasteiger partial charge in [0, 0.05) is 13.1 Å². The second-order valence-electron chi connectivity index (χ2n) is 4.72. The van der Waals surface area contributed by atoms with Crippen LogP contribution in [-0.4, -0.2) is 36.6 Å². The second-order valence-corrected chi connectivity index (χ2v) is 4.72. The van der Waals surface area contributed by atoms with E-state index in [2.05, 4.69) is 22.7 Å². The molecular weight excluding hydrogens is 190 g/mol. The van der Waals surface area contributed by atoms with Crippen molar-refractivity contribution >= 4 is 5.91 Å². The Balaban J connectivity index is 1.80. The molecule has 2 aliphatic heterocycles. The molecule has 2 heterocycles. The molecule has 2 rings (SSSR count). The van der Waals surface area contributed by atoms with Gasteiger partial charge in [-0.15, -0.1) is 0 Å². The molecule has 2 saturated heterocycles. The van der Waals surface area contributed by atoms with Crippen molar-refractivity contribution in [2.45, 2.75) is 38.6 Å². The summed E-state index contributed by atoms with van der Waals surface area (Å²) in [7, 11) is 0. The molecule has 0 saturated carbocycles. The molecule has 2 fully saturated rings. The van der Waals surface area contributed by atoms with Crippen LogP contribution in [0.25, 0.3) is 0 Å². The van der Waals surface area contributed by atoms with Crippen LogP contribution in [0.5, 0.6) is 0 Å². The fourth-order valence-electron chi connectivity index (χ4n) is 2.42.